The van der Waals surface area contributed by atoms with Gasteiger partial charge in [-0.1, -0.05) is 12.8 Å². The first-order valence-corrected chi connectivity index (χ1v) is 14.2. The first kappa shape index (κ1) is 21.6. The van der Waals surface area contributed by atoms with Gasteiger partial charge in [0, 0.05) is 50.3 Å². The number of likely N-dealkylation sites (tertiary alicyclic amines) is 1. The van der Waals surface area contributed by atoms with E-state index >= 15 is 0 Å². The monoisotopic (exact) mass is 457 g/mol. The number of hydrogen-bond donors (Lipinski definition) is 1. The second kappa shape index (κ2) is 9.68. The summed E-state index contributed by atoms with van der Waals surface area (Å²) in [6.07, 6.45) is 7.35. The van der Waals surface area contributed by atoms with Crippen LogP contribution >= 0.6 is 23.1 Å². The predicted molar refractivity (Wildman–Crippen MR) is 119 cm³/mol. The number of nitrogens with one attached hydrogen (secondary N) is 1. The third-order valence-electron chi connectivity index (χ3n) is 6.34. The average Bonchev–Trinajstić information content (AvgIpc) is 3.42. The van der Waals surface area contributed by atoms with E-state index in [9.17, 15) is 13.2 Å². The van der Waals surface area contributed by atoms with E-state index in [1.807, 2.05) is 0 Å². The molecule has 0 atom stereocenters. The molecule has 3 aliphatic rings. The molecule has 1 aromatic heterocycles. The second-order valence-electron chi connectivity index (χ2n) is 8.33. The molecule has 3 heterocycles. The van der Waals surface area contributed by atoms with Gasteiger partial charge in [0.05, 0.1) is 0 Å². The smallest absolute Gasteiger partial charge is 0.262 e. The molecule has 29 heavy (non-hydrogen) atoms. The molecule has 6 nitrogen and oxygen atoms in total. The van der Waals surface area contributed by atoms with Crippen molar-refractivity contribution >= 4 is 39.0 Å². The highest BCUT2D eigenvalue weighted by Crippen LogP contribution is 2.28. The molecule has 1 amide bonds. The fourth-order valence-corrected chi connectivity index (χ4v) is 8.54. The number of carbonyl (C=O) groups excluding carboxylic acids is 1. The third kappa shape index (κ3) is 5.18. The van der Waals surface area contributed by atoms with E-state index in [-0.39, 0.29) is 16.8 Å². The molecule has 0 bridgehead atoms. The van der Waals surface area contributed by atoms with Gasteiger partial charge in [-0.05, 0) is 43.0 Å². The minimum absolute atomic E-state index is 0.131. The van der Waals surface area contributed by atoms with Crippen molar-refractivity contribution in [1.82, 2.24) is 14.5 Å². The molecule has 4 rings (SSSR count). The number of rotatable bonds is 6. The third-order valence-corrected chi connectivity index (χ3v) is 10.3. The van der Waals surface area contributed by atoms with Gasteiger partial charge in [0.15, 0.2) is 0 Å². The van der Waals surface area contributed by atoms with Crippen LogP contribution in [0.1, 0.15) is 48.2 Å². The normalized spacial score (nSPS) is 23.4. The van der Waals surface area contributed by atoms with Crippen LogP contribution in [-0.4, -0.2) is 73.8 Å². The van der Waals surface area contributed by atoms with Crippen LogP contribution in [0.15, 0.2) is 16.3 Å². The molecule has 0 unspecified atom stereocenters. The molecule has 0 radical (unpaired) electrons. The summed E-state index contributed by atoms with van der Waals surface area (Å²) in [6, 6.07) is 1.72. The van der Waals surface area contributed by atoms with Crippen molar-refractivity contribution in [1.29, 1.82) is 0 Å². The summed E-state index contributed by atoms with van der Waals surface area (Å²) in [5.74, 6) is 2.24. The Balaban J connectivity index is 1.33. The van der Waals surface area contributed by atoms with Crippen molar-refractivity contribution < 1.29 is 13.2 Å². The van der Waals surface area contributed by atoms with Crippen LogP contribution in [0.4, 0.5) is 0 Å². The van der Waals surface area contributed by atoms with Crippen LogP contribution in [0, 0.1) is 5.92 Å². The summed E-state index contributed by atoms with van der Waals surface area (Å²) in [4.78, 5) is 15.9. The summed E-state index contributed by atoms with van der Waals surface area (Å²) >= 11 is 2.99. The van der Waals surface area contributed by atoms with Gasteiger partial charge >= 0.3 is 0 Å². The van der Waals surface area contributed by atoms with Crippen molar-refractivity contribution in [3.63, 3.8) is 0 Å². The van der Waals surface area contributed by atoms with Crippen molar-refractivity contribution in [2.45, 2.75) is 49.5 Å². The van der Waals surface area contributed by atoms with Crippen LogP contribution < -0.4 is 5.32 Å². The summed E-state index contributed by atoms with van der Waals surface area (Å²) in [5.41, 5.74) is 0. The predicted octanol–water partition coefficient (Wildman–Crippen LogP) is 2.87. The number of carbonyl (C=O) groups is 1. The quantitative estimate of drug-likeness (QED) is 0.711. The highest BCUT2D eigenvalue weighted by atomic mass is 32.2. The number of amides is 1. The number of nitrogens with zero attached hydrogens (tertiary/aromatic N) is 2. The zero-order chi connectivity index (χ0) is 20.3. The Hall–Kier alpha value is -0.610. The van der Waals surface area contributed by atoms with E-state index in [2.05, 4.69) is 10.2 Å². The lowest BCUT2D eigenvalue weighted by Gasteiger charge is -2.33. The van der Waals surface area contributed by atoms with Gasteiger partial charge in [0.1, 0.15) is 9.77 Å². The van der Waals surface area contributed by atoms with Gasteiger partial charge in [-0.3, -0.25) is 4.79 Å². The highest BCUT2D eigenvalue weighted by Gasteiger charge is 2.32. The molecule has 2 saturated heterocycles. The standard InChI is InChI=1S/C20H31N3O3S3/c24-20(21-17-5-8-22(9-6-17)15-16-3-1-2-4-16)19-18(7-12-28-19)29(25,26)23-10-13-27-14-11-23/h7,12,16-17H,1-6,8-11,13-15H2,(H,21,24). The van der Waals surface area contributed by atoms with Gasteiger partial charge in [0.2, 0.25) is 10.0 Å². The van der Waals surface area contributed by atoms with E-state index in [0.717, 1.165) is 43.4 Å². The SMILES string of the molecule is O=C(NC1CCN(CC2CCCC2)CC1)c1sccc1S(=O)(=O)N1CCSCC1. The zero-order valence-electron chi connectivity index (χ0n) is 16.8. The Morgan fingerprint density at radius 2 is 1.76 bits per heavy atom. The number of piperidine rings is 1. The Morgan fingerprint density at radius 3 is 2.45 bits per heavy atom. The molecule has 3 fully saturated rings. The maximum Gasteiger partial charge on any atom is 0.262 e. The van der Waals surface area contributed by atoms with E-state index in [1.54, 1.807) is 23.2 Å². The van der Waals surface area contributed by atoms with Crippen molar-refractivity contribution in [2.75, 3.05) is 44.2 Å². The Kier molecular flexibility index (Phi) is 7.22. The first-order valence-electron chi connectivity index (χ1n) is 10.7. The molecule has 0 spiro atoms. The summed E-state index contributed by atoms with van der Waals surface area (Å²) in [7, 11) is -3.60. The summed E-state index contributed by atoms with van der Waals surface area (Å²) < 4.78 is 27.5. The van der Waals surface area contributed by atoms with Gasteiger partial charge in [0.25, 0.3) is 5.91 Å². The molecule has 1 aliphatic carbocycles. The van der Waals surface area contributed by atoms with Crippen LogP contribution in [0.3, 0.4) is 0 Å². The number of thioether (sulfide) groups is 1. The Labute approximate surface area is 182 Å². The van der Waals surface area contributed by atoms with Crippen LogP contribution in [0.25, 0.3) is 0 Å². The average molecular weight is 458 g/mol. The zero-order valence-corrected chi connectivity index (χ0v) is 19.3. The largest absolute Gasteiger partial charge is 0.348 e. The van der Waals surface area contributed by atoms with Crippen LogP contribution in [-0.2, 0) is 10.0 Å². The Morgan fingerprint density at radius 1 is 1.07 bits per heavy atom. The fraction of sp³-hybridized carbons (Fsp3) is 0.750. The van der Waals surface area contributed by atoms with Gasteiger partial charge in [-0.25, -0.2) is 8.42 Å². The molecule has 162 valence electrons. The summed E-state index contributed by atoms with van der Waals surface area (Å²) in [6.45, 7) is 4.26. The van der Waals surface area contributed by atoms with Crippen molar-refractivity contribution in [3.05, 3.63) is 16.3 Å². The topological polar surface area (TPSA) is 69.7 Å². The van der Waals surface area contributed by atoms with Crippen molar-refractivity contribution in [3.8, 4) is 0 Å². The van der Waals surface area contributed by atoms with Gasteiger partial charge < -0.3 is 10.2 Å². The number of hydrogen-bond acceptors (Lipinski definition) is 6. The molecule has 1 aromatic rings. The minimum atomic E-state index is -3.60. The number of sulfonamides is 1. The molecule has 1 saturated carbocycles. The van der Waals surface area contributed by atoms with Gasteiger partial charge in [-0.2, -0.15) is 16.1 Å². The van der Waals surface area contributed by atoms with E-state index in [4.69, 9.17) is 0 Å². The lowest BCUT2D eigenvalue weighted by molar-refractivity contribution is 0.0906. The molecular formula is C20H31N3O3S3. The maximum atomic E-state index is 13.0. The van der Waals surface area contributed by atoms with Crippen LogP contribution in [0.2, 0.25) is 0 Å². The Bertz CT molecular complexity index is 791. The van der Waals surface area contributed by atoms with E-state index in [0.29, 0.717) is 18.0 Å². The first-order chi connectivity index (χ1) is 14.0. The van der Waals surface area contributed by atoms with Crippen LogP contribution in [0.5, 0.6) is 0 Å². The second-order valence-corrected chi connectivity index (χ2v) is 12.4. The van der Waals surface area contributed by atoms with Gasteiger partial charge in [-0.15, -0.1) is 11.3 Å². The molecule has 1 N–H and O–H groups in total. The maximum absolute atomic E-state index is 13.0. The van der Waals surface area contributed by atoms with E-state index in [1.165, 1.54) is 47.9 Å². The highest BCUT2D eigenvalue weighted by molar-refractivity contribution is 7.99. The molecule has 2 aliphatic heterocycles. The molecule has 9 heteroatoms. The van der Waals surface area contributed by atoms with Crippen molar-refractivity contribution in [2.24, 2.45) is 5.92 Å². The van der Waals surface area contributed by atoms with E-state index < -0.39 is 10.0 Å². The lowest BCUT2D eigenvalue weighted by Crippen LogP contribution is -2.46. The lowest BCUT2D eigenvalue weighted by atomic mass is 10.0. The number of thiophene rings is 1. The minimum Gasteiger partial charge on any atom is -0.348 e. The fourth-order valence-electron chi connectivity index (χ4n) is 4.66. The molecule has 0 aromatic carbocycles. The summed E-state index contributed by atoms with van der Waals surface area (Å²) in [5, 5.41) is 4.82. The molecular weight excluding hydrogens is 426 g/mol.